The second kappa shape index (κ2) is 7.91. The third-order valence-electron chi connectivity index (χ3n) is 3.93. The first-order chi connectivity index (χ1) is 10.9. The minimum absolute atomic E-state index is 0. The maximum atomic E-state index is 3.05. The maximum absolute atomic E-state index is 3.05. The Labute approximate surface area is 153 Å². The smallest absolute Gasteiger partial charge is 0.218 e. The Kier molecular flexibility index (Phi) is 5.91. The van der Waals surface area contributed by atoms with Gasteiger partial charge in [-0.2, -0.15) is 4.57 Å². The molecule has 0 radical (unpaired) electrons. The van der Waals surface area contributed by atoms with Crippen molar-refractivity contribution in [3.05, 3.63) is 91.5 Å². The number of pyridine rings is 2. The standard InChI is InChI=1S/C20H15N2.2ClH/c1-2-6-19-18(4-1)5-3-7-20(19)22-14-10-17(11-15-22)16-8-12-21-13-9-16;;/h1-15H;2*1H/q+1;;/p-1. The van der Waals surface area contributed by atoms with Gasteiger partial charge in [-0.15, -0.1) is 0 Å². The van der Waals surface area contributed by atoms with Gasteiger partial charge < -0.3 is 24.8 Å². The van der Waals surface area contributed by atoms with Gasteiger partial charge in [0.15, 0.2) is 24.8 Å². The van der Waals surface area contributed by atoms with Gasteiger partial charge in [0.1, 0.15) is 0 Å². The number of fused-ring (bicyclic) bond motifs is 1. The first kappa shape index (κ1) is 17.9. The van der Waals surface area contributed by atoms with Crippen LogP contribution in [0.5, 0.6) is 0 Å². The monoisotopic (exact) mass is 354 g/mol. The van der Waals surface area contributed by atoms with Crippen LogP contribution >= 0.6 is 0 Å². The van der Waals surface area contributed by atoms with E-state index in [2.05, 4.69) is 88.7 Å². The number of rotatable bonds is 2. The van der Waals surface area contributed by atoms with Crippen molar-refractivity contribution < 1.29 is 34.4 Å². The van der Waals surface area contributed by atoms with Crippen LogP contribution in [0.2, 0.25) is 0 Å². The first-order valence-electron chi connectivity index (χ1n) is 7.38. The third-order valence-corrected chi connectivity index (χ3v) is 3.93. The minimum Gasteiger partial charge on any atom is -1.00 e. The molecule has 2 nitrogen and oxygen atoms in total. The second-order valence-electron chi connectivity index (χ2n) is 5.28. The molecule has 4 aromatic rings. The van der Waals surface area contributed by atoms with Crippen molar-refractivity contribution in [2.24, 2.45) is 0 Å². The lowest BCUT2D eigenvalue weighted by molar-refractivity contribution is -0.594. The Hall–Kier alpha value is -2.42. The predicted octanol–water partition coefficient (Wildman–Crippen LogP) is -2.39. The van der Waals surface area contributed by atoms with Crippen LogP contribution in [0.1, 0.15) is 0 Å². The van der Waals surface area contributed by atoms with Crippen LogP contribution in [0.25, 0.3) is 27.6 Å². The van der Waals surface area contributed by atoms with E-state index in [0.717, 1.165) is 0 Å². The SMILES string of the molecule is [Cl-].[Cl-].c1ccc2c(-[n+]3ccc(-c4cc[nH+]cc4)cc3)cccc2c1. The zero-order valence-electron chi connectivity index (χ0n) is 12.9. The molecule has 2 aromatic heterocycles. The van der Waals surface area contributed by atoms with Gasteiger partial charge in [-0.1, -0.05) is 30.3 Å². The molecular weight excluding hydrogens is 339 g/mol. The molecule has 0 aliphatic carbocycles. The summed E-state index contributed by atoms with van der Waals surface area (Å²) in [6.07, 6.45) is 8.13. The van der Waals surface area contributed by atoms with Crippen molar-refractivity contribution in [3.63, 3.8) is 0 Å². The Bertz CT molecular complexity index is 918. The lowest BCUT2D eigenvalue weighted by Gasteiger charge is -2.02. The van der Waals surface area contributed by atoms with Crippen molar-refractivity contribution in [1.29, 1.82) is 0 Å². The number of nitrogens with zero attached hydrogens (tertiary/aromatic N) is 1. The highest BCUT2D eigenvalue weighted by molar-refractivity contribution is 5.88. The Morgan fingerprint density at radius 1 is 0.625 bits per heavy atom. The number of benzene rings is 2. The van der Waals surface area contributed by atoms with Gasteiger partial charge in [-0.25, -0.2) is 4.98 Å². The molecule has 0 fully saturated rings. The fourth-order valence-corrected chi connectivity index (χ4v) is 2.79. The summed E-state index contributed by atoms with van der Waals surface area (Å²) in [5.74, 6) is 0. The molecule has 0 aliphatic rings. The van der Waals surface area contributed by atoms with Crippen molar-refractivity contribution >= 4 is 10.8 Å². The highest BCUT2D eigenvalue weighted by Gasteiger charge is 2.10. The first-order valence-corrected chi connectivity index (χ1v) is 7.38. The molecule has 0 atom stereocenters. The number of nitrogens with one attached hydrogen (secondary N) is 1. The molecule has 2 heterocycles. The summed E-state index contributed by atoms with van der Waals surface area (Å²) >= 11 is 0. The summed E-state index contributed by atoms with van der Waals surface area (Å²) in [5.41, 5.74) is 3.63. The molecule has 1 N–H and O–H groups in total. The zero-order valence-corrected chi connectivity index (χ0v) is 14.4. The van der Waals surface area contributed by atoms with Gasteiger partial charge in [0.25, 0.3) is 0 Å². The Morgan fingerprint density at radius 3 is 2.00 bits per heavy atom. The fraction of sp³-hybridized carbons (Fsp3) is 0. The number of H-pyrrole nitrogens is 1. The summed E-state index contributed by atoms with van der Waals surface area (Å²) < 4.78 is 2.17. The van der Waals surface area contributed by atoms with E-state index >= 15 is 0 Å². The van der Waals surface area contributed by atoms with E-state index in [1.165, 1.54) is 27.6 Å². The molecule has 24 heavy (non-hydrogen) atoms. The molecule has 0 spiro atoms. The number of aromatic nitrogens is 2. The third kappa shape index (κ3) is 3.40. The van der Waals surface area contributed by atoms with Crippen LogP contribution in [-0.2, 0) is 0 Å². The molecule has 2 aromatic carbocycles. The van der Waals surface area contributed by atoms with Crippen LogP contribution in [0.3, 0.4) is 0 Å². The van der Waals surface area contributed by atoms with Gasteiger partial charge in [0, 0.05) is 30.3 Å². The summed E-state index contributed by atoms with van der Waals surface area (Å²) in [6.45, 7) is 0. The van der Waals surface area contributed by atoms with Gasteiger partial charge in [-0.05, 0) is 22.6 Å². The number of hydrogen-bond acceptors (Lipinski definition) is 0. The van der Waals surface area contributed by atoms with Crippen LogP contribution < -0.4 is 34.4 Å². The summed E-state index contributed by atoms with van der Waals surface area (Å²) in [7, 11) is 0. The molecule has 4 heteroatoms. The van der Waals surface area contributed by atoms with Gasteiger partial charge in [0.05, 0.1) is 5.39 Å². The van der Waals surface area contributed by atoms with Gasteiger partial charge in [0.2, 0.25) is 5.69 Å². The molecular formula is C20H16Cl2N2. The van der Waals surface area contributed by atoms with E-state index in [1.807, 2.05) is 12.4 Å². The number of hydrogen-bond donors (Lipinski definition) is 0. The fourth-order valence-electron chi connectivity index (χ4n) is 2.79. The van der Waals surface area contributed by atoms with E-state index in [9.17, 15) is 0 Å². The van der Waals surface area contributed by atoms with Crippen LogP contribution in [0.15, 0.2) is 91.5 Å². The van der Waals surface area contributed by atoms with Crippen LogP contribution in [0, 0.1) is 0 Å². The molecule has 0 amide bonds. The topological polar surface area (TPSA) is 18.0 Å². The minimum atomic E-state index is 0. The van der Waals surface area contributed by atoms with Crippen molar-refractivity contribution in [2.75, 3.05) is 0 Å². The molecule has 0 saturated carbocycles. The van der Waals surface area contributed by atoms with Gasteiger partial charge >= 0.3 is 0 Å². The normalized spacial score (nSPS) is 9.83. The predicted molar refractivity (Wildman–Crippen MR) is 87.5 cm³/mol. The molecule has 0 bridgehead atoms. The summed E-state index contributed by atoms with van der Waals surface area (Å²) in [5, 5.41) is 2.52. The lowest BCUT2D eigenvalue weighted by atomic mass is 10.1. The largest absolute Gasteiger partial charge is 1.00 e. The molecule has 120 valence electrons. The van der Waals surface area contributed by atoms with Gasteiger partial charge in [-0.3, -0.25) is 0 Å². The highest BCUT2D eigenvalue weighted by atomic mass is 35.5. The summed E-state index contributed by atoms with van der Waals surface area (Å²) in [4.78, 5) is 3.05. The molecule has 4 rings (SSSR count). The van der Waals surface area contributed by atoms with Crippen molar-refractivity contribution in [2.45, 2.75) is 0 Å². The van der Waals surface area contributed by atoms with Crippen LogP contribution in [0.4, 0.5) is 0 Å². The van der Waals surface area contributed by atoms with E-state index in [0.29, 0.717) is 0 Å². The Balaban J connectivity index is 0.00000104. The summed E-state index contributed by atoms with van der Waals surface area (Å²) in [6, 6.07) is 23.3. The van der Waals surface area contributed by atoms with E-state index < -0.39 is 0 Å². The average molecular weight is 355 g/mol. The molecule has 0 saturated heterocycles. The lowest BCUT2D eigenvalue weighted by Crippen LogP contribution is -3.00. The molecule has 0 unspecified atom stereocenters. The molecule has 0 aliphatic heterocycles. The number of halogens is 2. The average Bonchev–Trinajstić information content (AvgIpc) is 2.62. The highest BCUT2D eigenvalue weighted by Crippen LogP contribution is 2.20. The van der Waals surface area contributed by atoms with E-state index in [4.69, 9.17) is 0 Å². The Morgan fingerprint density at radius 2 is 1.25 bits per heavy atom. The maximum Gasteiger partial charge on any atom is 0.218 e. The van der Waals surface area contributed by atoms with Crippen molar-refractivity contribution in [1.82, 2.24) is 0 Å². The van der Waals surface area contributed by atoms with E-state index in [-0.39, 0.29) is 24.8 Å². The quantitative estimate of drug-likeness (QED) is 0.357. The van der Waals surface area contributed by atoms with E-state index in [1.54, 1.807) is 0 Å². The zero-order chi connectivity index (χ0) is 14.8. The van der Waals surface area contributed by atoms with Crippen LogP contribution in [-0.4, -0.2) is 0 Å². The number of aromatic amines is 1. The second-order valence-corrected chi connectivity index (χ2v) is 5.28. The van der Waals surface area contributed by atoms with Crippen molar-refractivity contribution in [3.8, 4) is 16.8 Å².